The highest BCUT2D eigenvalue weighted by molar-refractivity contribution is 5.94. The van der Waals surface area contributed by atoms with Crippen molar-refractivity contribution in [2.24, 2.45) is 0 Å². The molecule has 100 valence electrons. The van der Waals surface area contributed by atoms with Crippen LogP contribution in [0.4, 0.5) is 8.78 Å². The lowest BCUT2D eigenvalue weighted by Crippen LogP contribution is -2.23. The quantitative estimate of drug-likeness (QED) is 0.934. The van der Waals surface area contributed by atoms with Gasteiger partial charge in [0.1, 0.15) is 11.6 Å². The second-order valence-electron chi connectivity index (χ2n) is 4.11. The molecule has 0 atom stereocenters. The molecule has 2 aromatic rings. The number of benzene rings is 2. The third kappa shape index (κ3) is 3.18. The molecule has 0 aliphatic rings. The summed E-state index contributed by atoms with van der Waals surface area (Å²) in [7, 11) is 0. The van der Waals surface area contributed by atoms with Crippen LogP contribution in [0.1, 0.15) is 21.5 Å². The topological polar surface area (TPSA) is 52.9 Å². The van der Waals surface area contributed by atoms with Crippen LogP contribution in [-0.4, -0.2) is 5.91 Å². The average Bonchev–Trinajstić information content (AvgIpc) is 2.48. The lowest BCUT2D eigenvalue weighted by Gasteiger charge is -2.06. The Kier molecular flexibility index (Phi) is 4.06. The number of hydrogen-bond donors (Lipinski definition) is 1. The zero-order chi connectivity index (χ0) is 14.5. The lowest BCUT2D eigenvalue weighted by atomic mass is 10.1. The van der Waals surface area contributed by atoms with Gasteiger partial charge in [0, 0.05) is 17.7 Å². The summed E-state index contributed by atoms with van der Waals surface area (Å²) in [5.41, 5.74) is 0.866. The van der Waals surface area contributed by atoms with E-state index < -0.39 is 17.5 Å². The molecule has 1 N–H and O–H groups in total. The van der Waals surface area contributed by atoms with Gasteiger partial charge in [-0.15, -0.1) is 0 Å². The number of carbonyl (C=O) groups excluding carboxylic acids is 1. The number of hydrogen-bond acceptors (Lipinski definition) is 2. The highest BCUT2D eigenvalue weighted by atomic mass is 19.1. The first-order chi connectivity index (χ1) is 9.60. The van der Waals surface area contributed by atoms with Crippen molar-refractivity contribution in [1.82, 2.24) is 5.32 Å². The number of carbonyl (C=O) groups is 1. The summed E-state index contributed by atoms with van der Waals surface area (Å²) < 4.78 is 26.3. The molecular weight excluding hydrogens is 262 g/mol. The average molecular weight is 272 g/mol. The maximum absolute atomic E-state index is 13.4. The number of halogens is 2. The summed E-state index contributed by atoms with van der Waals surface area (Å²) in [6.07, 6.45) is 0. The van der Waals surface area contributed by atoms with Gasteiger partial charge in [-0.1, -0.05) is 0 Å². The largest absolute Gasteiger partial charge is 0.348 e. The fourth-order valence-corrected chi connectivity index (χ4v) is 1.65. The molecule has 0 radical (unpaired) electrons. The number of amides is 1. The van der Waals surface area contributed by atoms with E-state index in [0.29, 0.717) is 11.1 Å². The molecule has 2 aromatic carbocycles. The number of nitrogens with zero attached hydrogens (tertiary/aromatic N) is 1. The van der Waals surface area contributed by atoms with Gasteiger partial charge in [-0.25, -0.2) is 8.78 Å². The van der Waals surface area contributed by atoms with Crippen LogP contribution in [0.15, 0.2) is 42.5 Å². The van der Waals surface area contributed by atoms with Crippen LogP contribution in [0.3, 0.4) is 0 Å². The molecule has 0 aromatic heterocycles. The smallest absolute Gasteiger partial charge is 0.251 e. The van der Waals surface area contributed by atoms with Crippen molar-refractivity contribution in [3.8, 4) is 6.07 Å². The molecule has 0 bridgehead atoms. The second-order valence-corrected chi connectivity index (χ2v) is 4.11. The van der Waals surface area contributed by atoms with Gasteiger partial charge in [0.25, 0.3) is 5.91 Å². The predicted octanol–water partition coefficient (Wildman–Crippen LogP) is 2.77. The zero-order valence-corrected chi connectivity index (χ0v) is 10.4. The lowest BCUT2D eigenvalue weighted by molar-refractivity contribution is 0.0950. The van der Waals surface area contributed by atoms with E-state index in [0.717, 1.165) is 18.2 Å². The highest BCUT2D eigenvalue weighted by Crippen LogP contribution is 2.10. The molecule has 5 heteroatoms. The van der Waals surface area contributed by atoms with E-state index in [9.17, 15) is 13.6 Å². The van der Waals surface area contributed by atoms with Crippen LogP contribution < -0.4 is 5.32 Å². The van der Waals surface area contributed by atoms with Crippen LogP contribution in [-0.2, 0) is 6.54 Å². The summed E-state index contributed by atoms with van der Waals surface area (Å²) >= 11 is 0. The molecule has 0 heterocycles. The highest BCUT2D eigenvalue weighted by Gasteiger charge is 2.08. The van der Waals surface area contributed by atoms with Crippen LogP contribution in [0.2, 0.25) is 0 Å². The molecule has 0 spiro atoms. The van der Waals surface area contributed by atoms with Crippen molar-refractivity contribution in [3.63, 3.8) is 0 Å². The minimum atomic E-state index is -0.577. The minimum Gasteiger partial charge on any atom is -0.348 e. The fraction of sp³-hybridized carbons (Fsp3) is 0.0667. The van der Waals surface area contributed by atoms with E-state index in [1.54, 1.807) is 0 Å². The standard InChI is InChI=1S/C15H10F2N2O/c16-13-5-6-14(17)12(7-13)9-19-15(20)11-3-1-10(8-18)2-4-11/h1-7H,9H2,(H,19,20). The van der Waals surface area contributed by atoms with E-state index in [-0.39, 0.29) is 12.1 Å². The Morgan fingerprint density at radius 3 is 2.50 bits per heavy atom. The summed E-state index contributed by atoms with van der Waals surface area (Å²) in [6.45, 7) is -0.109. The molecule has 2 rings (SSSR count). The Labute approximate surface area is 114 Å². The van der Waals surface area contributed by atoms with E-state index in [2.05, 4.69) is 5.32 Å². The Morgan fingerprint density at radius 2 is 1.85 bits per heavy atom. The summed E-state index contributed by atoms with van der Waals surface area (Å²) in [5, 5.41) is 11.1. The summed E-state index contributed by atoms with van der Waals surface area (Å²) in [4.78, 5) is 11.8. The van der Waals surface area contributed by atoms with Crippen LogP contribution in [0.25, 0.3) is 0 Å². The van der Waals surface area contributed by atoms with Gasteiger partial charge in [-0.3, -0.25) is 4.79 Å². The molecule has 0 unspecified atom stereocenters. The normalized spacial score (nSPS) is 9.85. The Balaban J connectivity index is 2.04. The maximum Gasteiger partial charge on any atom is 0.251 e. The molecule has 1 amide bonds. The van der Waals surface area contributed by atoms with E-state index in [1.165, 1.54) is 24.3 Å². The van der Waals surface area contributed by atoms with Gasteiger partial charge in [-0.2, -0.15) is 5.26 Å². The van der Waals surface area contributed by atoms with E-state index in [1.807, 2.05) is 6.07 Å². The Hall–Kier alpha value is -2.74. The third-order valence-electron chi connectivity index (χ3n) is 2.72. The molecule has 3 nitrogen and oxygen atoms in total. The van der Waals surface area contributed by atoms with Crippen molar-refractivity contribution < 1.29 is 13.6 Å². The number of nitriles is 1. The Bertz CT molecular complexity index is 675. The van der Waals surface area contributed by atoms with Crippen LogP contribution in [0, 0.1) is 23.0 Å². The van der Waals surface area contributed by atoms with Crippen molar-refractivity contribution in [2.45, 2.75) is 6.54 Å². The monoisotopic (exact) mass is 272 g/mol. The number of nitrogens with one attached hydrogen (secondary N) is 1. The third-order valence-corrected chi connectivity index (χ3v) is 2.72. The van der Waals surface area contributed by atoms with Crippen LogP contribution in [0.5, 0.6) is 0 Å². The van der Waals surface area contributed by atoms with Crippen molar-refractivity contribution in [1.29, 1.82) is 5.26 Å². The van der Waals surface area contributed by atoms with Gasteiger partial charge in [-0.05, 0) is 42.5 Å². The first-order valence-electron chi connectivity index (χ1n) is 5.82. The van der Waals surface area contributed by atoms with Crippen molar-refractivity contribution in [2.75, 3.05) is 0 Å². The summed E-state index contributed by atoms with van der Waals surface area (Å²) in [6, 6.07) is 11.0. The molecule has 0 fully saturated rings. The molecule has 0 saturated heterocycles. The summed E-state index contributed by atoms with van der Waals surface area (Å²) in [5.74, 6) is -1.56. The molecule has 0 saturated carbocycles. The second kappa shape index (κ2) is 5.93. The van der Waals surface area contributed by atoms with Crippen molar-refractivity contribution in [3.05, 3.63) is 70.8 Å². The van der Waals surface area contributed by atoms with Gasteiger partial charge in [0.05, 0.1) is 11.6 Å². The number of rotatable bonds is 3. The maximum atomic E-state index is 13.4. The molecule has 0 aliphatic heterocycles. The molecule has 20 heavy (non-hydrogen) atoms. The van der Waals surface area contributed by atoms with Crippen molar-refractivity contribution >= 4 is 5.91 Å². The van der Waals surface area contributed by atoms with E-state index >= 15 is 0 Å². The first-order valence-corrected chi connectivity index (χ1v) is 5.82. The Morgan fingerprint density at radius 1 is 1.15 bits per heavy atom. The van der Waals surface area contributed by atoms with Gasteiger partial charge >= 0.3 is 0 Å². The zero-order valence-electron chi connectivity index (χ0n) is 10.4. The SMILES string of the molecule is N#Cc1ccc(C(=O)NCc2cc(F)ccc2F)cc1. The molecule has 0 aliphatic carbocycles. The van der Waals surface area contributed by atoms with Crippen LogP contribution >= 0.6 is 0 Å². The first kappa shape index (κ1) is 13.7. The fourth-order valence-electron chi connectivity index (χ4n) is 1.65. The molecular formula is C15H10F2N2O. The van der Waals surface area contributed by atoms with Gasteiger partial charge < -0.3 is 5.32 Å². The van der Waals surface area contributed by atoms with Gasteiger partial charge in [0.2, 0.25) is 0 Å². The minimum absolute atomic E-state index is 0.0759. The van der Waals surface area contributed by atoms with E-state index in [4.69, 9.17) is 5.26 Å². The van der Waals surface area contributed by atoms with Gasteiger partial charge in [0.15, 0.2) is 0 Å². The predicted molar refractivity (Wildman–Crippen MR) is 68.7 cm³/mol.